The minimum absolute atomic E-state index is 0.114. The summed E-state index contributed by atoms with van der Waals surface area (Å²) in [5.41, 5.74) is 0.504. The van der Waals surface area contributed by atoms with E-state index in [1.165, 1.54) is 17.2 Å². The van der Waals surface area contributed by atoms with Crippen molar-refractivity contribution < 1.29 is 23.1 Å². The summed E-state index contributed by atoms with van der Waals surface area (Å²) in [7, 11) is 1.55. The van der Waals surface area contributed by atoms with Gasteiger partial charge in [-0.25, -0.2) is 9.78 Å². The van der Waals surface area contributed by atoms with Crippen LogP contribution in [0.25, 0.3) is 0 Å². The zero-order valence-corrected chi connectivity index (χ0v) is 9.74. The third kappa shape index (κ3) is 5.13. The monoisotopic (exact) mass is 262 g/mol. The van der Waals surface area contributed by atoms with Gasteiger partial charge in [-0.05, 0) is 24.7 Å². The largest absolute Gasteiger partial charge is 0.477 e. The maximum atomic E-state index is 12.0. The number of hydrogen-bond donors (Lipinski definition) is 1. The van der Waals surface area contributed by atoms with E-state index in [9.17, 15) is 18.0 Å². The highest BCUT2D eigenvalue weighted by Crippen LogP contribution is 2.19. The molecule has 0 fully saturated rings. The zero-order valence-electron chi connectivity index (χ0n) is 9.74. The Bertz CT molecular complexity index is 421. The molecule has 18 heavy (non-hydrogen) atoms. The van der Waals surface area contributed by atoms with E-state index in [0.717, 1.165) is 0 Å². The number of carboxylic acids is 1. The van der Waals surface area contributed by atoms with Crippen LogP contribution in [0.3, 0.4) is 0 Å². The van der Waals surface area contributed by atoms with Crippen molar-refractivity contribution in [3.8, 4) is 0 Å². The third-order valence-electron chi connectivity index (χ3n) is 2.27. The molecule has 0 aliphatic heterocycles. The molecule has 0 aliphatic carbocycles. The maximum absolute atomic E-state index is 12.0. The third-order valence-corrected chi connectivity index (χ3v) is 2.27. The number of carboxylic acid groups (broad SMARTS) is 1. The van der Waals surface area contributed by atoms with Crippen LogP contribution in [0.1, 0.15) is 22.5 Å². The molecule has 0 saturated heterocycles. The molecular weight excluding hydrogens is 249 g/mol. The van der Waals surface area contributed by atoms with Gasteiger partial charge in [0.2, 0.25) is 0 Å². The second-order valence-corrected chi connectivity index (χ2v) is 3.96. The molecule has 7 heteroatoms. The van der Waals surface area contributed by atoms with Gasteiger partial charge in [-0.15, -0.1) is 0 Å². The molecule has 1 heterocycles. The van der Waals surface area contributed by atoms with Crippen LogP contribution in [0.5, 0.6) is 0 Å². The molecule has 0 aliphatic rings. The lowest BCUT2D eigenvalue weighted by molar-refractivity contribution is -0.137. The molecule has 1 N–H and O–H groups in total. The Labute approximate surface area is 102 Å². The highest BCUT2D eigenvalue weighted by molar-refractivity contribution is 5.85. The lowest BCUT2D eigenvalue weighted by Gasteiger charge is -2.17. The second kappa shape index (κ2) is 5.81. The van der Waals surface area contributed by atoms with Gasteiger partial charge < -0.3 is 10.0 Å². The van der Waals surface area contributed by atoms with Crippen molar-refractivity contribution in [2.75, 3.05) is 13.6 Å². The minimum atomic E-state index is -4.18. The van der Waals surface area contributed by atoms with E-state index in [1.54, 1.807) is 13.1 Å². The Morgan fingerprint density at radius 2 is 2.17 bits per heavy atom. The minimum Gasteiger partial charge on any atom is -0.477 e. The van der Waals surface area contributed by atoms with Gasteiger partial charge in [0.15, 0.2) is 0 Å². The van der Waals surface area contributed by atoms with Crippen molar-refractivity contribution in [1.82, 2.24) is 9.88 Å². The van der Waals surface area contributed by atoms with Gasteiger partial charge in [0.25, 0.3) is 0 Å². The summed E-state index contributed by atoms with van der Waals surface area (Å²) in [5.74, 6) is -1.16. The average molecular weight is 262 g/mol. The summed E-state index contributed by atoms with van der Waals surface area (Å²) in [6, 6.07) is 2.93. The molecule has 0 radical (unpaired) electrons. The van der Waals surface area contributed by atoms with Crippen LogP contribution < -0.4 is 0 Å². The average Bonchev–Trinajstić information content (AvgIpc) is 2.26. The van der Waals surface area contributed by atoms with Crippen LogP contribution in [0.2, 0.25) is 0 Å². The Hall–Kier alpha value is -1.63. The molecule has 0 spiro atoms. The van der Waals surface area contributed by atoms with E-state index < -0.39 is 18.6 Å². The van der Waals surface area contributed by atoms with Crippen molar-refractivity contribution >= 4 is 5.97 Å². The second-order valence-electron chi connectivity index (χ2n) is 3.96. The van der Waals surface area contributed by atoms with E-state index in [4.69, 9.17) is 5.11 Å². The summed E-state index contributed by atoms with van der Waals surface area (Å²) in [4.78, 5) is 15.8. The van der Waals surface area contributed by atoms with Crippen molar-refractivity contribution in [3.63, 3.8) is 0 Å². The molecule has 0 amide bonds. The van der Waals surface area contributed by atoms with Crippen LogP contribution >= 0.6 is 0 Å². The molecule has 100 valence electrons. The van der Waals surface area contributed by atoms with Crippen LogP contribution in [0, 0.1) is 0 Å². The van der Waals surface area contributed by atoms with E-state index in [2.05, 4.69) is 4.98 Å². The predicted octanol–water partition coefficient (Wildman–Crippen LogP) is 2.16. The summed E-state index contributed by atoms with van der Waals surface area (Å²) in [6.45, 7) is 0.118. The molecule has 1 aromatic rings. The Morgan fingerprint density at radius 1 is 1.50 bits per heavy atom. The van der Waals surface area contributed by atoms with Gasteiger partial charge >= 0.3 is 12.1 Å². The molecule has 0 aromatic carbocycles. The molecule has 0 unspecified atom stereocenters. The summed E-state index contributed by atoms with van der Waals surface area (Å²) in [6.07, 6.45) is -3.74. The lowest BCUT2D eigenvalue weighted by atomic mass is 10.2. The molecule has 0 saturated carbocycles. The number of carbonyl (C=O) groups is 1. The normalized spacial score (nSPS) is 11.8. The quantitative estimate of drug-likeness (QED) is 0.883. The number of rotatable bonds is 5. The Morgan fingerprint density at radius 3 is 2.72 bits per heavy atom. The van der Waals surface area contributed by atoms with Gasteiger partial charge in [0.05, 0.1) is 6.42 Å². The van der Waals surface area contributed by atoms with E-state index in [-0.39, 0.29) is 18.8 Å². The first kappa shape index (κ1) is 14.4. The predicted molar refractivity (Wildman–Crippen MR) is 58.2 cm³/mol. The first-order valence-corrected chi connectivity index (χ1v) is 5.21. The number of aromatic nitrogens is 1. The zero-order chi connectivity index (χ0) is 13.8. The number of alkyl halides is 3. The highest BCUT2D eigenvalue weighted by atomic mass is 19.4. The number of halogens is 3. The Balaban J connectivity index is 2.56. The molecule has 4 nitrogen and oxygen atoms in total. The van der Waals surface area contributed by atoms with Gasteiger partial charge in [-0.2, -0.15) is 13.2 Å². The van der Waals surface area contributed by atoms with Crippen LogP contribution in [0.15, 0.2) is 18.3 Å². The molecule has 0 bridgehead atoms. The van der Waals surface area contributed by atoms with E-state index in [1.807, 2.05) is 0 Å². The van der Waals surface area contributed by atoms with Crippen molar-refractivity contribution in [3.05, 3.63) is 29.6 Å². The number of hydrogen-bond acceptors (Lipinski definition) is 3. The van der Waals surface area contributed by atoms with Gasteiger partial charge in [0, 0.05) is 19.3 Å². The Kier molecular flexibility index (Phi) is 4.66. The lowest BCUT2D eigenvalue weighted by Crippen LogP contribution is -2.24. The maximum Gasteiger partial charge on any atom is 0.390 e. The fraction of sp³-hybridized carbons (Fsp3) is 0.455. The topological polar surface area (TPSA) is 53.4 Å². The number of aromatic carboxylic acids is 1. The molecular formula is C11H13F3N2O2. The van der Waals surface area contributed by atoms with E-state index in [0.29, 0.717) is 5.56 Å². The SMILES string of the molecule is CN(CCC(F)(F)F)Cc1ccnc(C(=O)O)c1. The van der Waals surface area contributed by atoms with Crippen LogP contribution in [-0.4, -0.2) is 40.7 Å². The van der Waals surface area contributed by atoms with Crippen LogP contribution in [0.4, 0.5) is 13.2 Å². The summed E-state index contributed by atoms with van der Waals surface area (Å²) >= 11 is 0. The van der Waals surface area contributed by atoms with E-state index >= 15 is 0 Å². The number of pyridine rings is 1. The fourth-order valence-electron chi connectivity index (χ4n) is 1.40. The van der Waals surface area contributed by atoms with Gasteiger partial charge in [-0.3, -0.25) is 0 Å². The van der Waals surface area contributed by atoms with Crippen LogP contribution in [-0.2, 0) is 6.54 Å². The van der Waals surface area contributed by atoms with Crippen molar-refractivity contribution in [2.24, 2.45) is 0 Å². The highest BCUT2D eigenvalue weighted by Gasteiger charge is 2.27. The smallest absolute Gasteiger partial charge is 0.390 e. The number of nitrogens with zero attached hydrogens (tertiary/aromatic N) is 2. The van der Waals surface area contributed by atoms with Gasteiger partial charge in [0.1, 0.15) is 5.69 Å². The molecule has 0 atom stereocenters. The van der Waals surface area contributed by atoms with Gasteiger partial charge in [-0.1, -0.05) is 0 Å². The molecule has 1 rings (SSSR count). The first-order valence-electron chi connectivity index (χ1n) is 5.21. The fourth-order valence-corrected chi connectivity index (χ4v) is 1.40. The first-order chi connectivity index (χ1) is 8.28. The molecule has 1 aromatic heterocycles. The summed E-state index contributed by atoms with van der Waals surface area (Å²) < 4.78 is 36.0. The summed E-state index contributed by atoms with van der Waals surface area (Å²) in [5, 5.41) is 8.73. The van der Waals surface area contributed by atoms with Crippen molar-refractivity contribution in [2.45, 2.75) is 19.1 Å². The van der Waals surface area contributed by atoms with Crippen molar-refractivity contribution in [1.29, 1.82) is 0 Å². The standard InChI is InChI=1S/C11H13F3N2O2/c1-16(5-3-11(12,13)14)7-8-2-4-15-9(6-8)10(17)18/h2,4,6H,3,5,7H2,1H3,(H,17,18).